The lowest BCUT2D eigenvalue weighted by atomic mass is 10.2. The van der Waals surface area contributed by atoms with Crippen LogP contribution in [-0.2, 0) is 16.0 Å². The van der Waals surface area contributed by atoms with Crippen molar-refractivity contribution in [1.82, 2.24) is 0 Å². The highest BCUT2D eigenvalue weighted by atomic mass is 127. The molecular formula is C12H14I2O2. The Kier molecular flexibility index (Phi) is 8.00. The van der Waals surface area contributed by atoms with E-state index in [9.17, 15) is 4.79 Å². The minimum Gasteiger partial charge on any atom is -0.462 e. The first-order chi connectivity index (χ1) is 7.11. The zero-order valence-corrected chi connectivity index (χ0v) is 13.5. The van der Waals surface area contributed by atoms with Crippen molar-refractivity contribution in [3.8, 4) is 0 Å². The molecule has 16 heavy (non-hydrogen) atoms. The second-order valence-corrected chi connectivity index (χ2v) is 4.42. The van der Waals surface area contributed by atoms with Crippen LogP contribution >= 0.6 is 46.6 Å². The summed E-state index contributed by atoms with van der Waals surface area (Å²) in [6.07, 6.45) is 0.748. The van der Waals surface area contributed by atoms with Gasteiger partial charge in [-0.25, -0.2) is 4.79 Å². The molecule has 0 aliphatic heterocycles. The molecule has 2 nitrogen and oxygen atoms in total. The van der Waals surface area contributed by atoms with Gasteiger partial charge in [-0.3, -0.25) is 0 Å². The maximum absolute atomic E-state index is 11.1. The van der Waals surface area contributed by atoms with Gasteiger partial charge in [0, 0.05) is 15.6 Å². The Bertz CT molecular complexity index is 375. The third-order valence-corrected chi connectivity index (χ3v) is 2.96. The molecule has 1 aromatic carbocycles. The maximum Gasteiger partial charge on any atom is 0.333 e. The van der Waals surface area contributed by atoms with E-state index in [4.69, 9.17) is 4.74 Å². The molecule has 1 rings (SSSR count). The summed E-state index contributed by atoms with van der Waals surface area (Å²) in [4.78, 5) is 11.1. The van der Waals surface area contributed by atoms with Gasteiger partial charge in [-0.15, -0.1) is 24.0 Å². The van der Waals surface area contributed by atoms with Crippen molar-refractivity contribution in [3.63, 3.8) is 0 Å². The zero-order chi connectivity index (χ0) is 11.3. The molecule has 4 heteroatoms. The fraction of sp³-hybridized carbons (Fsp3) is 0.250. The zero-order valence-electron chi connectivity index (χ0n) is 9.03. The molecule has 0 heterocycles. The van der Waals surface area contributed by atoms with E-state index in [1.165, 1.54) is 9.13 Å². The summed E-state index contributed by atoms with van der Waals surface area (Å²) in [7, 11) is 0. The minimum atomic E-state index is -0.319. The first kappa shape index (κ1) is 15.9. The van der Waals surface area contributed by atoms with Crippen molar-refractivity contribution >= 4 is 52.5 Å². The van der Waals surface area contributed by atoms with Gasteiger partial charge in [-0.05, 0) is 41.1 Å². The molecule has 0 saturated carbocycles. The Balaban J connectivity index is 0.00000225. The normalized spacial score (nSPS) is 9.12. The smallest absolute Gasteiger partial charge is 0.333 e. The highest BCUT2D eigenvalue weighted by molar-refractivity contribution is 14.1. The summed E-state index contributed by atoms with van der Waals surface area (Å²) in [5.41, 5.74) is 1.64. The first-order valence-electron chi connectivity index (χ1n) is 4.67. The van der Waals surface area contributed by atoms with Gasteiger partial charge < -0.3 is 4.74 Å². The Hall–Kier alpha value is -0.110. The van der Waals surface area contributed by atoms with Crippen molar-refractivity contribution < 1.29 is 9.53 Å². The van der Waals surface area contributed by atoms with Gasteiger partial charge in [0.2, 0.25) is 0 Å². The molecule has 0 saturated heterocycles. The topological polar surface area (TPSA) is 26.3 Å². The molecule has 88 valence electrons. The second kappa shape index (κ2) is 8.05. The van der Waals surface area contributed by atoms with Crippen LogP contribution in [0.2, 0.25) is 0 Å². The van der Waals surface area contributed by atoms with Crippen molar-refractivity contribution in [2.24, 2.45) is 0 Å². The van der Waals surface area contributed by atoms with Crippen molar-refractivity contribution in [2.75, 3.05) is 6.61 Å². The van der Waals surface area contributed by atoms with Crippen molar-refractivity contribution in [2.45, 2.75) is 13.3 Å². The van der Waals surface area contributed by atoms with Gasteiger partial charge in [0.05, 0.1) is 6.61 Å². The number of benzene rings is 1. The molecule has 0 aromatic heterocycles. The van der Waals surface area contributed by atoms with Crippen molar-refractivity contribution in [1.29, 1.82) is 0 Å². The molecule has 0 radical (unpaired) electrons. The average Bonchev–Trinajstić information content (AvgIpc) is 2.20. The number of halogens is 2. The first-order valence-corrected chi connectivity index (χ1v) is 5.75. The van der Waals surface area contributed by atoms with E-state index in [-0.39, 0.29) is 29.9 Å². The Morgan fingerprint density at radius 3 is 2.62 bits per heavy atom. The fourth-order valence-electron chi connectivity index (χ4n) is 1.08. The van der Waals surface area contributed by atoms with Crippen LogP contribution in [0.3, 0.4) is 0 Å². The third kappa shape index (κ3) is 5.29. The number of hydrogen-bond donors (Lipinski definition) is 0. The van der Waals surface area contributed by atoms with Crippen LogP contribution in [0.4, 0.5) is 0 Å². The third-order valence-electron chi connectivity index (χ3n) is 1.91. The predicted octanol–water partition coefficient (Wildman–Crippen LogP) is 3.57. The van der Waals surface area contributed by atoms with E-state index < -0.39 is 0 Å². The lowest BCUT2D eigenvalue weighted by Crippen LogP contribution is -2.08. The monoisotopic (exact) mass is 444 g/mol. The quantitative estimate of drug-likeness (QED) is 0.404. The van der Waals surface area contributed by atoms with Crippen LogP contribution in [0, 0.1) is 3.57 Å². The lowest BCUT2D eigenvalue weighted by molar-refractivity contribution is -0.138. The largest absolute Gasteiger partial charge is 0.462 e. The number of hydrogen-bond acceptors (Lipinski definition) is 2. The minimum absolute atomic E-state index is 0. The van der Waals surface area contributed by atoms with Gasteiger partial charge in [0.15, 0.2) is 0 Å². The van der Waals surface area contributed by atoms with Crippen LogP contribution in [0.1, 0.15) is 12.5 Å². The van der Waals surface area contributed by atoms with Crippen LogP contribution in [-0.4, -0.2) is 12.6 Å². The summed E-state index contributed by atoms with van der Waals surface area (Å²) in [5, 5.41) is 0. The van der Waals surface area contributed by atoms with E-state index in [0.717, 1.165) is 6.42 Å². The van der Waals surface area contributed by atoms with Crippen molar-refractivity contribution in [3.05, 3.63) is 45.6 Å². The van der Waals surface area contributed by atoms with Crippen LogP contribution in [0.25, 0.3) is 0 Å². The van der Waals surface area contributed by atoms with Gasteiger partial charge in [-0.1, -0.05) is 24.8 Å². The molecule has 0 aliphatic carbocycles. The summed E-state index contributed by atoms with van der Waals surface area (Å²) in [5.74, 6) is -0.319. The summed E-state index contributed by atoms with van der Waals surface area (Å²) in [6, 6.07) is 8.05. The van der Waals surface area contributed by atoms with Crippen LogP contribution in [0.15, 0.2) is 36.4 Å². The highest BCUT2D eigenvalue weighted by Gasteiger charge is 2.03. The molecule has 0 spiro atoms. The lowest BCUT2D eigenvalue weighted by Gasteiger charge is -2.05. The predicted molar refractivity (Wildman–Crippen MR) is 84.1 cm³/mol. The molecule has 1 aromatic rings. The molecule has 0 unspecified atom stereocenters. The Morgan fingerprint density at radius 2 is 2.06 bits per heavy atom. The maximum atomic E-state index is 11.1. The van der Waals surface area contributed by atoms with Gasteiger partial charge in [0.1, 0.15) is 0 Å². The van der Waals surface area contributed by atoms with Gasteiger partial charge in [0.25, 0.3) is 0 Å². The summed E-state index contributed by atoms with van der Waals surface area (Å²) >= 11 is 2.27. The Morgan fingerprint density at radius 1 is 1.44 bits per heavy atom. The van der Waals surface area contributed by atoms with E-state index in [0.29, 0.717) is 12.2 Å². The molecule has 0 atom stereocenters. The van der Waals surface area contributed by atoms with Crippen LogP contribution in [0.5, 0.6) is 0 Å². The van der Waals surface area contributed by atoms with Gasteiger partial charge in [-0.2, -0.15) is 0 Å². The summed E-state index contributed by atoms with van der Waals surface area (Å²) < 4.78 is 6.22. The van der Waals surface area contributed by atoms with Gasteiger partial charge >= 0.3 is 5.97 Å². The van der Waals surface area contributed by atoms with Crippen LogP contribution < -0.4 is 0 Å². The molecule has 0 fully saturated rings. The highest BCUT2D eigenvalue weighted by Crippen LogP contribution is 2.12. The standard InChI is InChI=1S/C12H13IO2.HI/c1-9(2)12(14)15-8-7-10-5-3-4-6-11(10)13;/h3-6H,1,7-8H2,2H3;1H. The number of carbonyl (C=O) groups excluding carboxylic acids is 1. The number of rotatable bonds is 4. The average molecular weight is 444 g/mol. The van der Waals surface area contributed by atoms with E-state index in [1.54, 1.807) is 6.92 Å². The summed E-state index contributed by atoms with van der Waals surface area (Å²) in [6.45, 7) is 5.58. The second-order valence-electron chi connectivity index (χ2n) is 3.26. The molecule has 0 aliphatic rings. The molecular weight excluding hydrogens is 430 g/mol. The molecule has 0 N–H and O–H groups in total. The SMILES string of the molecule is C=C(C)C(=O)OCCc1ccccc1I.I. The fourth-order valence-corrected chi connectivity index (χ4v) is 1.74. The van der Waals surface area contributed by atoms with E-state index in [2.05, 4.69) is 29.2 Å². The number of ether oxygens (including phenoxy) is 1. The van der Waals surface area contributed by atoms with E-state index >= 15 is 0 Å². The molecule has 0 bridgehead atoms. The van der Waals surface area contributed by atoms with E-state index in [1.807, 2.05) is 24.3 Å². The number of carbonyl (C=O) groups is 1. The Labute approximate surface area is 127 Å². The number of esters is 1. The molecule has 0 amide bonds.